The Bertz CT molecular complexity index is 1230. The van der Waals surface area contributed by atoms with Gasteiger partial charge in [-0.1, -0.05) is 0 Å². The van der Waals surface area contributed by atoms with Crippen molar-refractivity contribution in [3.8, 4) is 22.7 Å². The van der Waals surface area contributed by atoms with Crippen molar-refractivity contribution in [2.24, 2.45) is 0 Å². The molecule has 0 saturated heterocycles. The van der Waals surface area contributed by atoms with E-state index in [1.54, 1.807) is 21.3 Å². The predicted octanol–water partition coefficient (Wildman–Crippen LogP) is 3.73. The SMILES string of the molecule is [2H]C([2H])([2H])Oc1ccc(-c2c(C)oc3c(-n4nc(C)nc4C)c(C)nn23)c(C)c1. The minimum atomic E-state index is -2.49. The molecule has 0 atom stereocenters. The molecule has 0 saturated carbocycles. The first kappa shape index (κ1) is 13.2. The molecule has 0 unspecified atom stereocenters. The van der Waals surface area contributed by atoms with Crippen LogP contribution in [-0.4, -0.2) is 31.4 Å². The number of hydrogen-bond donors (Lipinski definition) is 0. The van der Waals surface area contributed by atoms with E-state index < -0.39 is 7.04 Å². The van der Waals surface area contributed by atoms with Crippen LogP contribution in [0.5, 0.6) is 5.75 Å². The Labute approximate surface area is 155 Å². The fraction of sp³-hybridized carbons (Fsp3) is 0.316. The number of fused-ring (bicyclic) bond motifs is 1. The normalized spacial score (nSPS) is 13.7. The summed E-state index contributed by atoms with van der Waals surface area (Å²) in [6.45, 7) is 9.38. The lowest BCUT2D eigenvalue weighted by molar-refractivity contribution is 0.414. The smallest absolute Gasteiger partial charge is 0.249 e. The maximum absolute atomic E-state index is 7.27. The molecule has 26 heavy (non-hydrogen) atoms. The van der Waals surface area contributed by atoms with E-state index in [-0.39, 0.29) is 5.75 Å². The highest BCUT2D eigenvalue weighted by molar-refractivity contribution is 5.72. The lowest BCUT2D eigenvalue weighted by Gasteiger charge is -2.07. The zero-order chi connectivity index (χ0) is 21.1. The van der Waals surface area contributed by atoms with E-state index in [2.05, 4.69) is 15.2 Å². The molecule has 0 fully saturated rings. The summed E-state index contributed by atoms with van der Waals surface area (Å²) in [5, 5.41) is 9.13. The van der Waals surface area contributed by atoms with Gasteiger partial charge in [0.25, 0.3) is 0 Å². The summed E-state index contributed by atoms with van der Waals surface area (Å²) < 4.78 is 36.4. The molecule has 0 spiro atoms. The van der Waals surface area contributed by atoms with Crippen LogP contribution in [-0.2, 0) is 0 Å². The number of aryl methyl sites for hydroxylation is 5. The van der Waals surface area contributed by atoms with Crippen LogP contribution in [0, 0.1) is 34.6 Å². The molecule has 3 aromatic heterocycles. The molecular weight excluding hydrogens is 330 g/mol. The van der Waals surface area contributed by atoms with Crippen molar-refractivity contribution >= 4 is 5.71 Å². The first-order valence-corrected chi connectivity index (χ1v) is 8.24. The number of benzene rings is 1. The third kappa shape index (κ3) is 2.31. The zero-order valence-electron chi connectivity index (χ0n) is 18.3. The summed E-state index contributed by atoms with van der Waals surface area (Å²) in [6, 6.07) is 5.15. The molecule has 0 amide bonds. The van der Waals surface area contributed by atoms with E-state index in [0.717, 1.165) is 34.0 Å². The van der Waals surface area contributed by atoms with Crippen LogP contribution in [0.4, 0.5) is 0 Å². The van der Waals surface area contributed by atoms with Crippen molar-refractivity contribution in [2.75, 3.05) is 7.04 Å². The maximum atomic E-state index is 7.27. The van der Waals surface area contributed by atoms with E-state index in [1.807, 2.05) is 40.7 Å². The van der Waals surface area contributed by atoms with Gasteiger partial charge in [0.2, 0.25) is 5.71 Å². The van der Waals surface area contributed by atoms with E-state index in [0.29, 0.717) is 17.3 Å². The summed E-state index contributed by atoms with van der Waals surface area (Å²) in [4.78, 5) is 4.37. The van der Waals surface area contributed by atoms with Gasteiger partial charge in [-0.3, -0.25) is 0 Å². The highest BCUT2D eigenvalue weighted by Crippen LogP contribution is 2.34. The molecule has 0 N–H and O–H groups in total. The number of oxazole rings is 1. The van der Waals surface area contributed by atoms with Gasteiger partial charge in [0.05, 0.1) is 16.8 Å². The monoisotopic (exact) mass is 354 g/mol. The van der Waals surface area contributed by atoms with Crippen LogP contribution in [0.3, 0.4) is 0 Å². The second-order valence-electron chi connectivity index (χ2n) is 6.35. The molecule has 1 aromatic carbocycles. The van der Waals surface area contributed by atoms with Crippen LogP contribution in [0.2, 0.25) is 0 Å². The van der Waals surface area contributed by atoms with Gasteiger partial charge in [-0.2, -0.15) is 14.7 Å². The van der Waals surface area contributed by atoms with Gasteiger partial charge in [-0.25, -0.2) is 9.67 Å². The summed E-state index contributed by atoms with van der Waals surface area (Å²) in [7, 11) is -2.49. The van der Waals surface area contributed by atoms with Gasteiger partial charge in [-0.05, 0) is 58.4 Å². The van der Waals surface area contributed by atoms with Gasteiger partial charge < -0.3 is 9.15 Å². The van der Waals surface area contributed by atoms with Gasteiger partial charge in [-0.15, -0.1) is 0 Å². The highest BCUT2D eigenvalue weighted by atomic mass is 16.5. The standard InChI is InChI=1S/C19H21N5O2/c1-10-9-15(25-6)7-8-16(10)18-12(3)26-19-17(11(2)21-24(18)19)23-14(5)20-13(4)22-23/h7-9H,1-6H3/i6D3. The molecule has 4 aromatic rings. The Morgan fingerprint density at radius 1 is 1.12 bits per heavy atom. The van der Waals surface area contributed by atoms with Crippen LogP contribution in [0.1, 0.15) is 32.8 Å². The van der Waals surface area contributed by atoms with Gasteiger partial charge >= 0.3 is 0 Å². The number of rotatable bonds is 3. The zero-order valence-corrected chi connectivity index (χ0v) is 15.3. The summed E-state index contributed by atoms with van der Waals surface area (Å²) >= 11 is 0. The quantitative estimate of drug-likeness (QED) is 0.561. The summed E-state index contributed by atoms with van der Waals surface area (Å²) in [5.41, 5.74) is 4.60. The fourth-order valence-corrected chi connectivity index (χ4v) is 3.33. The van der Waals surface area contributed by atoms with E-state index >= 15 is 0 Å². The second kappa shape index (κ2) is 5.72. The minimum absolute atomic E-state index is 0.287. The average Bonchev–Trinajstić information content (AvgIpc) is 3.17. The van der Waals surface area contributed by atoms with Gasteiger partial charge in [0.15, 0.2) is 5.69 Å². The van der Waals surface area contributed by atoms with Crippen LogP contribution >= 0.6 is 0 Å². The lowest BCUT2D eigenvalue weighted by Crippen LogP contribution is -2.00. The molecular formula is C19H21N5O2. The van der Waals surface area contributed by atoms with Gasteiger partial charge in [0, 0.05) is 5.56 Å². The third-order valence-electron chi connectivity index (χ3n) is 4.44. The van der Waals surface area contributed by atoms with Crippen LogP contribution in [0.25, 0.3) is 22.7 Å². The van der Waals surface area contributed by atoms with Crippen molar-refractivity contribution in [1.82, 2.24) is 24.4 Å². The largest absolute Gasteiger partial charge is 0.497 e. The van der Waals surface area contributed by atoms with Crippen LogP contribution < -0.4 is 4.74 Å². The second-order valence-corrected chi connectivity index (χ2v) is 6.35. The Balaban J connectivity index is 1.87. The van der Waals surface area contributed by atoms with Crippen molar-refractivity contribution < 1.29 is 13.3 Å². The molecule has 7 heteroatoms. The number of hydrogen-bond acceptors (Lipinski definition) is 5. The molecule has 4 rings (SSSR count). The topological polar surface area (TPSA) is 70.4 Å². The number of nitrogens with zero attached hydrogens (tertiary/aromatic N) is 5. The first-order valence-electron chi connectivity index (χ1n) is 9.74. The lowest BCUT2D eigenvalue weighted by atomic mass is 10.0. The minimum Gasteiger partial charge on any atom is -0.497 e. The third-order valence-corrected chi connectivity index (χ3v) is 4.44. The Morgan fingerprint density at radius 2 is 1.92 bits per heavy atom. The molecule has 0 aliphatic carbocycles. The van der Waals surface area contributed by atoms with E-state index in [9.17, 15) is 0 Å². The predicted molar refractivity (Wildman–Crippen MR) is 98.0 cm³/mol. The van der Waals surface area contributed by atoms with Crippen molar-refractivity contribution in [1.29, 1.82) is 0 Å². The molecule has 7 nitrogen and oxygen atoms in total. The molecule has 134 valence electrons. The maximum Gasteiger partial charge on any atom is 0.249 e. The molecule has 3 heterocycles. The average molecular weight is 354 g/mol. The number of ether oxygens (including phenoxy) is 1. The van der Waals surface area contributed by atoms with Crippen molar-refractivity contribution in [3.63, 3.8) is 0 Å². The highest BCUT2D eigenvalue weighted by Gasteiger charge is 2.24. The van der Waals surface area contributed by atoms with Crippen molar-refractivity contribution in [3.05, 3.63) is 46.9 Å². The fourth-order valence-electron chi connectivity index (χ4n) is 3.33. The van der Waals surface area contributed by atoms with E-state index in [1.165, 1.54) is 0 Å². The Kier molecular flexibility index (Phi) is 2.90. The van der Waals surface area contributed by atoms with Crippen molar-refractivity contribution in [2.45, 2.75) is 34.6 Å². The Morgan fingerprint density at radius 3 is 2.58 bits per heavy atom. The number of aromatic nitrogens is 5. The van der Waals surface area contributed by atoms with Gasteiger partial charge in [0.1, 0.15) is 28.9 Å². The first-order chi connectivity index (χ1) is 13.5. The number of methoxy groups -OCH3 is 1. The summed E-state index contributed by atoms with van der Waals surface area (Å²) in [6.07, 6.45) is 0. The molecule has 0 radical (unpaired) electrons. The summed E-state index contributed by atoms with van der Waals surface area (Å²) in [5.74, 6) is 2.40. The van der Waals surface area contributed by atoms with E-state index in [4.69, 9.17) is 13.3 Å². The molecule has 0 bridgehead atoms. The van der Waals surface area contributed by atoms with Crippen LogP contribution in [0.15, 0.2) is 22.6 Å². The molecule has 0 aliphatic heterocycles. The molecule has 0 aliphatic rings. The Hall–Kier alpha value is -3.09.